The number of fused-ring (bicyclic) bond motifs is 1. The van der Waals surface area contributed by atoms with Gasteiger partial charge in [0.05, 0.1) is 32.8 Å². The van der Waals surface area contributed by atoms with Crippen molar-refractivity contribution in [1.82, 2.24) is 14.4 Å². The minimum Gasteiger partial charge on any atom is -0.497 e. The van der Waals surface area contributed by atoms with E-state index >= 15 is 0 Å². The van der Waals surface area contributed by atoms with Crippen molar-refractivity contribution >= 4 is 22.8 Å². The summed E-state index contributed by atoms with van der Waals surface area (Å²) in [4.78, 5) is 41.7. The number of rotatable bonds is 7. The van der Waals surface area contributed by atoms with Gasteiger partial charge in [-0.15, -0.1) is 0 Å². The summed E-state index contributed by atoms with van der Waals surface area (Å²) < 4.78 is 11.9. The van der Waals surface area contributed by atoms with E-state index in [0.29, 0.717) is 44.0 Å². The van der Waals surface area contributed by atoms with E-state index in [1.807, 2.05) is 77.7 Å². The summed E-state index contributed by atoms with van der Waals surface area (Å²) in [6.07, 6.45) is 0. The highest BCUT2D eigenvalue weighted by Crippen LogP contribution is 2.30. The molecule has 0 N–H and O–H groups in total. The molecular weight excluding hydrogens is 494 g/mol. The zero-order chi connectivity index (χ0) is 27.4. The number of ether oxygens (including phenoxy) is 2. The van der Waals surface area contributed by atoms with Crippen molar-refractivity contribution in [2.75, 3.05) is 46.9 Å². The van der Waals surface area contributed by atoms with Gasteiger partial charge in [0.15, 0.2) is 0 Å². The number of hydrogen-bond donors (Lipinski definition) is 0. The summed E-state index contributed by atoms with van der Waals surface area (Å²) in [7, 11) is 2.99. The number of esters is 1. The normalized spacial score (nSPS) is 13.8. The average Bonchev–Trinajstić information content (AvgIpc) is 2.99. The minimum atomic E-state index is -0.273. The molecule has 2 heterocycles. The van der Waals surface area contributed by atoms with E-state index in [2.05, 4.69) is 0 Å². The average molecular weight is 526 g/mol. The molecule has 1 amide bonds. The molecule has 1 saturated heterocycles. The van der Waals surface area contributed by atoms with Gasteiger partial charge in [0, 0.05) is 49.3 Å². The number of pyridine rings is 1. The number of nitrogens with zero attached hydrogens (tertiary/aromatic N) is 3. The lowest BCUT2D eigenvalue weighted by molar-refractivity contribution is -0.142. The van der Waals surface area contributed by atoms with Gasteiger partial charge in [0.1, 0.15) is 5.75 Å². The molecule has 1 aliphatic heterocycles. The highest BCUT2D eigenvalue weighted by Gasteiger charge is 2.23. The zero-order valence-corrected chi connectivity index (χ0v) is 22.1. The lowest BCUT2D eigenvalue weighted by Crippen LogP contribution is -2.50. The summed E-state index contributed by atoms with van der Waals surface area (Å²) in [5, 5.41) is 0.958. The fourth-order valence-electron chi connectivity index (χ4n) is 4.98. The van der Waals surface area contributed by atoms with Gasteiger partial charge in [-0.25, -0.2) is 0 Å². The minimum absolute atomic E-state index is 0.0427. The highest BCUT2D eigenvalue weighted by molar-refractivity contribution is 5.96. The van der Waals surface area contributed by atoms with Crippen LogP contribution < -0.4 is 10.3 Å². The summed E-state index contributed by atoms with van der Waals surface area (Å²) in [6.45, 7) is 2.94. The third kappa shape index (κ3) is 5.71. The lowest BCUT2D eigenvalue weighted by Gasteiger charge is -2.34. The largest absolute Gasteiger partial charge is 0.497 e. The van der Waals surface area contributed by atoms with Crippen molar-refractivity contribution in [2.24, 2.45) is 0 Å². The summed E-state index contributed by atoms with van der Waals surface area (Å²) in [5.74, 6) is 0.359. The Morgan fingerprint density at radius 3 is 2.23 bits per heavy atom. The fraction of sp³-hybridized carbons (Fsp3) is 0.258. The number of hydrogen-bond acceptors (Lipinski definition) is 6. The van der Waals surface area contributed by atoms with Gasteiger partial charge in [-0.1, -0.05) is 42.5 Å². The summed E-state index contributed by atoms with van der Waals surface area (Å²) in [6, 6.07) is 24.7. The molecule has 0 aliphatic carbocycles. The molecule has 1 aliphatic rings. The molecule has 39 heavy (non-hydrogen) atoms. The molecule has 8 nitrogen and oxygen atoms in total. The second-order valence-corrected chi connectivity index (χ2v) is 9.57. The van der Waals surface area contributed by atoms with Gasteiger partial charge in [-0.3, -0.25) is 19.3 Å². The molecule has 0 unspecified atom stereocenters. The number of benzene rings is 3. The number of aromatic nitrogens is 1. The Morgan fingerprint density at radius 1 is 0.846 bits per heavy atom. The zero-order valence-electron chi connectivity index (χ0n) is 22.1. The molecule has 5 rings (SSSR count). The molecule has 1 fully saturated rings. The molecule has 8 heteroatoms. The van der Waals surface area contributed by atoms with Crippen molar-refractivity contribution in [3.63, 3.8) is 0 Å². The van der Waals surface area contributed by atoms with Crippen molar-refractivity contribution in [3.05, 3.63) is 100 Å². The molecule has 0 saturated carbocycles. The van der Waals surface area contributed by atoms with Crippen molar-refractivity contribution in [1.29, 1.82) is 0 Å². The number of amides is 1. The van der Waals surface area contributed by atoms with E-state index in [0.717, 1.165) is 27.6 Å². The van der Waals surface area contributed by atoms with Crippen LogP contribution in [0.25, 0.3) is 22.0 Å². The Bertz CT molecular complexity index is 1540. The van der Waals surface area contributed by atoms with Crippen molar-refractivity contribution in [3.8, 4) is 16.9 Å². The molecule has 0 radical (unpaired) electrons. The Balaban J connectivity index is 1.36. The van der Waals surface area contributed by atoms with Crippen LogP contribution in [0.1, 0.15) is 15.9 Å². The van der Waals surface area contributed by atoms with E-state index < -0.39 is 0 Å². The molecule has 1 aromatic heterocycles. The van der Waals surface area contributed by atoms with Crippen LogP contribution >= 0.6 is 0 Å². The first-order chi connectivity index (χ1) is 19.0. The van der Waals surface area contributed by atoms with Crippen LogP contribution in [0.2, 0.25) is 0 Å². The van der Waals surface area contributed by atoms with Crippen molar-refractivity contribution < 1.29 is 19.1 Å². The molecule has 0 atom stereocenters. The quantitative estimate of drug-likeness (QED) is 0.343. The third-order valence-corrected chi connectivity index (χ3v) is 7.19. The standard InChI is InChI=1S/C31H31N3O5/c1-38-25-12-13-26-27(23-6-4-3-5-7-23)19-29(35)34(28(26)18-25)20-22-8-10-24(11-9-22)31(37)33-16-14-32(15-17-33)21-30(36)39-2/h3-13,18-19H,14-17,20-21H2,1-2H3. The molecule has 3 aromatic carbocycles. The number of carbonyl (C=O) groups is 2. The fourth-order valence-corrected chi connectivity index (χ4v) is 4.98. The van der Waals surface area contributed by atoms with E-state index in [1.54, 1.807) is 22.6 Å². The topological polar surface area (TPSA) is 81.1 Å². The second-order valence-electron chi connectivity index (χ2n) is 9.57. The molecular formula is C31H31N3O5. The Hall–Kier alpha value is -4.43. The molecule has 0 spiro atoms. The lowest BCUT2D eigenvalue weighted by atomic mass is 10.0. The smallest absolute Gasteiger partial charge is 0.319 e. The second kappa shape index (κ2) is 11.5. The Morgan fingerprint density at radius 2 is 1.56 bits per heavy atom. The Kier molecular flexibility index (Phi) is 7.74. The highest BCUT2D eigenvalue weighted by atomic mass is 16.5. The van der Waals surface area contributed by atoms with Crippen LogP contribution in [-0.2, 0) is 16.1 Å². The van der Waals surface area contributed by atoms with Gasteiger partial charge in [0.2, 0.25) is 0 Å². The van der Waals surface area contributed by atoms with Gasteiger partial charge in [-0.05, 0) is 41.0 Å². The first-order valence-corrected chi connectivity index (χ1v) is 12.9. The first kappa shape index (κ1) is 26.2. The predicted molar refractivity (Wildman–Crippen MR) is 150 cm³/mol. The first-order valence-electron chi connectivity index (χ1n) is 12.9. The van der Waals surface area contributed by atoms with Crippen LogP contribution in [0.5, 0.6) is 5.75 Å². The van der Waals surface area contributed by atoms with Crippen LogP contribution in [0.15, 0.2) is 83.7 Å². The Labute approximate surface area is 227 Å². The maximum Gasteiger partial charge on any atom is 0.319 e. The monoisotopic (exact) mass is 525 g/mol. The van der Waals surface area contributed by atoms with Crippen molar-refractivity contribution in [2.45, 2.75) is 6.54 Å². The van der Waals surface area contributed by atoms with Crippen LogP contribution in [0.4, 0.5) is 0 Å². The summed E-state index contributed by atoms with van der Waals surface area (Å²) in [5.41, 5.74) is 4.03. The SMILES string of the molecule is COC(=O)CN1CCN(C(=O)c2ccc(Cn3c(=O)cc(-c4ccccc4)c4ccc(OC)cc43)cc2)CC1. The van der Waals surface area contributed by atoms with Crippen LogP contribution in [0, 0.1) is 0 Å². The van der Waals surface area contributed by atoms with E-state index in [-0.39, 0.29) is 24.0 Å². The number of piperazine rings is 1. The van der Waals surface area contributed by atoms with E-state index in [9.17, 15) is 14.4 Å². The third-order valence-electron chi connectivity index (χ3n) is 7.19. The molecule has 4 aromatic rings. The maximum absolute atomic E-state index is 13.4. The number of methoxy groups -OCH3 is 2. The van der Waals surface area contributed by atoms with Gasteiger partial charge < -0.3 is 18.9 Å². The maximum atomic E-state index is 13.4. The molecule has 200 valence electrons. The van der Waals surface area contributed by atoms with Crippen LogP contribution in [-0.4, -0.2) is 73.2 Å². The molecule has 0 bridgehead atoms. The summed E-state index contributed by atoms with van der Waals surface area (Å²) >= 11 is 0. The predicted octanol–water partition coefficient (Wildman–Crippen LogP) is 3.66. The van der Waals surface area contributed by atoms with Gasteiger partial charge >= 0.3 is 5.97 Å². The van der Waals surface area contributed by atoms with Gasteiger partial charge in [-0.2, -0.15) is 0 Å². The van der Waals surface area contributed by atoms with Gasteiger partial charge in [0.25, 0.3) is 11.5 Å². The number of carbonyl (C=O) groups excluding carboxylic acids is 2. The van der Waals surface area contributed by atoms with E-state index in [4.69, 9.17) is 9.47 Å². The van der Waals surface area contributed by atoms with Crippen LogP contribution in [0.3, 0.4) is 0 Å². The van der Waals surface area contributed by atoms with E-state index in [1.165, 1.54) is 7.11 Å².